The first-order valence-electron chi connectivity index (χ1n) is 9.30. The molecular weight excluding hydrogens is 412 g/mol. The summed E-state index contributed by atoms with van der Waals surface area (Å²) in [5.74, 6) is 0.766. The number of aryl methyl sites for hydroxylation is 3. The normalized spacial score (nSPS) is 13.0. The van der Waals surface area contributed by atoms with Gasteiger partial charge in [0.2, 0.25) is 10.0 Å². The Morgan fingerprint density at radius 3 is 2.52 bits per heavy atom. The fourth-order valence-electron chi connectivity index (χ4n) is 3.41. The molecule has 0 aliphatic carbocycles. The molecule has 1 atom stereocenters. The second kappa shape index (κ2) is 8.75. The topological polar surface area (TPSA) is 91.4 Å². The SMILES string of the molecule is Cc1cc(OCCCc2c(C(O)NS(C)(=O)=O)[nH]c3ccccc23)cc(C)c1Cl. The molecule has 156 valence electrons. The molecule has 0 radical (unpaired) electrons. The third kappa shape index (κ3) is 5.30. The van der Waals surface area contributed by atoms with Crippen LogP contribution >= 0.6 is 11.6 Å². The number of para-hydroxylation sites is 1. The van der Waals surface area contributed by atoms with Crippen LogP contribution in [-0.2, 0) is 16.4 Å². The van der Waals surface area contributed by atoms with Gasteiger partial charge in [0.15, 0.2) is 6.23 Å². The zero-order valence-corrected chi connectivity index (χ0v) is 18.2. The van der Waals surface area contributed by atoms with Crippen LogP contribution < -0.4 is 9.46 Å². The van der Waals surface area contributed by atoms with E-state index >= 15 is 0 Å². The summed E-state index contributed by atoms with van der Waals surface area (Å²) in [6.07, 6.45) is 0.992. The van der Waals surface area contributed by atoms with Gasteiger partial charge < -0.3 is 14.8 Å². The summed E-state index contributed by atoms with van der Waals surface area (Å²) in [7, 11) is -3.55. The highest BCUT2D eigenvalue weighted by Gasteiger charge is 2.20. The zero-order chi connectivity index (χ0) is 21.2. The van der Waals surface area contributed by atoms with E-state index in [4.69, 9.17) is 16.3 Å². The smallest absolute Gasteiger partial charge is 0.211 e. The lowest BCUT2D eigenvalue weighted by Gasteiger charge is -2.13. The zero-order valence-electron chi connectivity index (χ0n) is 16.6. The molecular formula is C21H25ClN2O4S. The lowest BCUT2D eigenvalue weighted by atomic mass is 10.0. The number of halogens is 1. The summed E-state index contributed by atoms with van der Waals surface area (Å²) >= 11 is 6.20. The first kappa shape index (κ1) is 21.6. The molecule has 29 heavy (non-hydrogen) atoms. The summed E-state index contributed by atoms with van der Waals surface area (Å²) in [5, 5.41) is 12.1. The van der Waals surface area contributed by atoms with E-state index in [1.807, 2.05) is 50.2 Å². The van der Waals surface area contributed by atoms with Gasteiger partial charge in [-0.25, -0.2) is 8.42 Å². The van der Waals surface area contributed by atoms with Crippen LogP contribution in [-0.4, -0.2) is 31.4 Å². The average molecular weight is 437 g/mol. The third-order valence-electron chi connectivity index (χ3n) is 4.70. The highest BCUT2D eigenvalue weighted by atomic mass is 35.5. The maximum absolute atomic E-state index is 11.5. The van der Waals surface area contributed by atoms with E-state index in [9.17, 15) is 13.5 Å². The maximum Gasteiger partial charge on any atom is 0.211 e. The lowest BCUT2D eigenvalue weighted by molar-refractivity contribution is 0.161. The third-order valence-corrected chi connectivity index (χ3v) is 5.94. The fourth-order valence-corrected chi connectivity index (χ4v) is 4.05. The number of aliphatic hydroxyl groups is 1. The molecule has 1 unspecified atom stereocenters. The highest BCUT2D eigenvalue weighted by molar-refractivity contribution is 7.88. The number of aromatic amines is 1. The van der Waals surface area contributed by atoms with Crippen molar-refractivity contribution < 1.29 is 18.3 Å². The van der Waals surface area contributed by atoms with E-state index in [0.717, 1.165) is 44.6 Å². The minimum absolute atomic E-state index is 0.454. The van der Waals surface area contributed by atoms with Gasteiger partial charge in [-0.3, -0.25) is 0 Å². The molecule has 0 spiro atoms. The van der Waals surface area contributed by atoms with Crippen molar-refractivity contribution >= 4 is 32.5 Å². The van der Waals surface area contributed by atoms with Crippen molar-refractivity contribution in [2.75, 3.05) is 12.9 Å². The van der Waals surface area contributed by atoms with Crippen LogP contribution in [0.4, 0.5) is 0 Å². The number of benzene rings is 2. The first-order valence-corrected chi connectivity index (χ1v) is 11.6. The molecule has 1 aromatic heterocycles. The molecule has 0 saturated carbocycles. The number of aromatic nitrogens is 1. The fraction of sp³-hybridized carbons (Fsp3) is 0.333. The number of ether oxygens (including phenoxy) is 1. The van der Waals surface area contributed by atoms with E-state index < -0.39 is 16.3 Å². The van der Waals surface area contributed by atoms with Crippen LogP contribution in [0.3, 0.4) is 0 Å². The molecule has 3 aromatic rings. The van der Waals surface area contributed by atoms with Gasteiger partial charge in [-0.1, -0.05) is 29.8 Å². The second-order valence-corrected chi connectivity index (χ2v) is 9.34. The van der Waals surface area contributed by atoms with Crippen LogP contribution in [0.2, 0.25) is 5.02 Å². The molecule has 0 aliphatic rings. The number of H-pyrrole nitrogens is 1. The molecule has 1 heterocycles. The predicted octanol–water partition coefficient (Wildman–Crippen LogP) is 3.99. The van der Waals surface area contributed by atoms with E-state index in [1.165, 1.54) is 0 Å². The largest absolute Gasteiger partial charge is 0.494 e. The van der Waals surface area contributed by atoms with Crippen LogP contribution in [0.15, 0.2) is 36.4 Å². The van der Waals surface area contributed by atoms with Crippen molar-refractivity contribution in [1.82, 2.24) is 9.71 Å². The number of sulfonamides is 1. The minimum Gasteiger partial charge on any atom is -0.494 e. The van der Waals surface area contributed by atoms with Crippen molar-refractivity contribution in [2.45, 2.75) is 32.9 Å². The summed E-state index contributed by atoms with van der Waals surface area (Å²) in [4.78, 5) is 3.13. The van der Waals surface area contributed by atoms with Gasteiger partial charge in [0.1, 0.15) is 5.75 Å². The van der Waals surface area contributed by atoms with Gasteiger partial charge in [-0.2, -0.15) is 4.72 Å². The highest BCUT2D eigenvalue weighted by Crippen LogP contribution is 2.28. The molecule has 3 N–H and O–H groups in total. The number of hydrogen-bond donors (Lipinski definition) is 3. The molecule has 0 aliphatic heterocycles. The average Bonchev–Trinajstić information content (AvgIpc) is 3.01. The Bertz CT molecular complexity index is 1100. The standard InChI is InChI=1S/C21H25ClN2O4S/c1-13-11-15(12-14(2)19(13)22)28-10-6-8-17-16-7-4-5-9-18(16)23-20(17)21(25)24-29(3,26)27/h4-5,7,9,11-12,21,23-25H,6,8,10H2,1-3H3. The van der Waals surface area contributed by atoms with E-state index in [0.29, 0.717) is 25.1 Å². The number of rotatable bonds is 8. The Balaban J connectivity index is 1.74. The van der Waals surface area contributed by atoms with Gasteiger partial charge in [-0.05, 0) is 61.6 Å². The molecule has 0 fully saturated rings. The van der Waals surface area contributed by atoms with Crippen LogP contribution in [0.5, 0.6) is 5.75 Å². The Morgan fingerprint density at radius 1 is 1.21 bits per heavy atom. The molecule has 6 nitrogen and oxygen atoms in total. The van der Waals surface area contributed by atoms with Crippen molar-refractivity contribution in [3.8, 4) is 5.75 Å². The Kier molecular flexibility index (Phi) is 6.53. The van der Waals surface area contributed by atoms with Crippen molar-refractivity contribution in [1.29, 1.82) is 0 Å². The molecule has 3 rings (SSSR count). The Morgan fingerprint density at radius 2 is 1.86 bits per heavy atom. The van der Waals surface area contributed by atoms with Crippen molar-refractivity contribution in [3.63, 3.8) is 0 Å². The Labute approximate surface area is 175 Å². The lowest BCUT2D eigenvalue weighted by Crippen LogP contribution is -2.28. The minimum atomic E-state index is -3.55. The number of fused-ring (bicyclic) bond motifs is 1. The number of aliphatic hydroxyl groups excluding tert-OH is 1. The summed E-state index contributed by atoms with van der Waals surface area (Å²) in [6, 6.07) is 11.5. The monoisotopic (exact) mass is 436 g/mol. The molecule has 0 saturated heterocycles. The number of nitrogens with one attached hydrogen (secondary N) is 2. The van der Waals surface area contributed by atoms with E-state index in [1.54, 1.807) is 0 Å². The molecule has 0 amide bonds. The van der Waals surface area contributed by atoms with Crippen molar-refractivity contribution in [3.05, 3.63) is 63.8 Å². The molecule has 8 heteroatoms. The van der Waals surface area contributed by atoms with E-state index in [2.05, 4.69) is 9.71 Å². The Hall–Kier alpha value is -2.06. The molecule has 0 bridgehead atoms. The van der Waals surface area contributed by atoms with Gasteiger partial charge in [0, 0.05) is 15.9 Å². The van der Waals surface area contributed by atoms with Gasteiger partial charge in [0.05, 0.1) is 18.6 Å². The van der Waals surface area contributed by atoms with Crippen LogP contribution in [0, 0.1) is 13.8 Å². The number of hydrogen-bond acceptors (Lipinski definition) is 4. The quantitative estimate of drug-likeness (QED) is 0.368. The maximum atomic E-state index is 11.5. The summed E-state index contributed by atoms with van der Waals surface area (Å²) in [5.41, 5.74) is 4.11. The predicted molar refractivity (Wildman–Crippen MR) is 116 cm³/mol. The van der Waals surface area contributed by atoms with Crippen LogP contribution in [0.25, 0.3) is 10.9 Å². The van der Waals surface area contributed by atoms with Gasteiger partial charge >= 0.3 is 0 Å². The summed E-state index contributed by atoms with van der Waals surface area (Å²) in [6.45, 7) is 4.36. The first-order chi connectivity index (χ1) is 13.7. The van der Waals surface area contributed by atoms with Gasteiger partial charge in [-0.15, -0.1) is 0 Å². The van der Waals surface area contributed by atoms with Crippen LogP contribution in [0.1, 0.15) is 35.0 Å². The van der Waals surface area contributed by atoms with E-state index in [-0.39, 0.29) is 0 Å². The second-order valence-electron chi connectivity index (χ2n) is 7.18. The van der Waals surface area contributed by atoms with Gasteiger partial charge in [0.25, 0.3) is 0 Å². The van der Waals surface area contributed by atoms with Crippen molar-refractivity contribution in [2.24, 2.45) is 0 Å². The summed E-state index contributed by atoms with van der Waals surface area (Å²) < 4.78 is 31.1. The molecule has 2 aromatic carbocycles.